The summed E-state index contributed by atoms with van der Waals surface area (Å²) >= 11 is 0. The maximum atomic E-state index is 11.3. The van der Waals surface area contributed by atoms with Crippen molar-refractivity contribution < 1.29 is 34.3 Å². The Morgan fingerprint density at radius 1 is 0.862 bits per heavy atom. The lowest BCUT2D eigenvalue weighted by Gasteiger charge is -2.13. The predicted molar refractivity (Wildman–Crippen MR) is 108 cm³/mol. The number of ether oxygens (including phenoxy) is 3. The Morgan fingerprint density at radius 3 is 1.72 bits per heavy atom. The van der Waals surface area contributed by atoms with Crippen LogP contribution < -0.4 is 9.47 Å². The molecule has 0 bridgehead atoms. The lowest BCUT2D eigenvalue weighted by atomic mass is 10.1. The Bertz CT molecular complexity index is 784. The van der Waals surface area contributed by atoms with Gasteiger partial charge in [0.05, 0.1) is 6.61 Å². The summed E-state index contributed by atoms with van der Waals surface area (Å²) in [7, 11) is 0. The molecule has 29 heavy (non-hydrogen) atoms. The van der Waals surface area contributed by atoms with Gasteiger partial charge in [-0.05, 0) is 42.3 Å². The molecule has 7 nitrogen and oxygen atoms in total. The van der Waals surface area contributed by atoms with Crippen LogP contribution in [0.4, 0.5) is 0 Å². The van der Waals surface area contributed by atoms with Crippen LogP contribution in [0.5, 0.6) is 11.5 Å². The van der Waals surface area contributed by atoms with E-state index in [2.05, 4.69) is 6.58 Å². The Kier molecular flexibility index (Phi) is 8.67. The van der Waals surface area contributed by atoms with Crippen LogP contribution >= 0.6 is 0 Å². The fraction of sp³-hybridized carbons (Fsp3) is 0.318. The first-order chi connectivity index (χ1) is 13.9. The van der Waals surface area contributed by atoms with Crippen molar-refractivity contribution in [2.75, 3.05) is 26.4 Å². The third-order valence-corrected chi connectivity index (χ3v) is 3.89. The highest BCUT2D eigenvalue weighted by Crippen LogP contribution is 2.24. The van der Waals surface area contributed by atoms with Crippen molar-refractivity contribution in [1.82, 2.24) is 0 Å². The molecule has 0 amide bonds. The van der Waals surface area contributed by atoms with E-state index in [1.807, 2.05) is 24.3 Å². The minimum Gasteiger partial charge on any atom is -0.491 e. The molecule has 2 aromatic carbocycles. The molecule has 0 heterocycles. The molecular formula is C22H26O7. The molecule has 2 aromatic rings. The van der Waals surface area contributed by atoms with Crippen LogP contribution in [-0.4, -0.2) is 59.9 Å². The van der Waals surface area contributed by atoms with Crippen LogP contribution in [-0.2, 0) is 9.53 Å². The van der Waals surface area contributed by atoms with Gasteiger partial charge in [0.2, 0.25) is 0 Å². The van der Waals surface area contributed by atoms with E-state index in [1.165, 1.54) is 6.92 Å². The van der Waals surface area contributed by atoms with E-state index >= 15 is 0 Å². The summed E-state index contributed by atoms with van der Waals surface area (Å²) in [5.74, 6) is 0.633. The Balaban J connectivity index is 1.83. The van der Waals surface area contributed by atoms with Crippen LogP contribution in [0.15, 0.2) is 60.7 Å². The first-order valence-corrected chi connectivity index (χ1v) is 9.14. The summed E-state index contributed by atoms with van der Waals surface area (Å²) in [6.07, 6.45) is -1.84. The van der Waals surface area contributed by atoms with Gasteiger partial charge in [-0.25, -0.2) is 4.79 Å². The molecule has 0 aliphatic heterocycles. The zero-order valence-corrected chi connectivity index (χ0v) is 16.3. The first-order valence-electron chi connectivity index (χ1n) is 9.14. The minimum absolute atomic E-state index is 0.00541. The molecule has 2 rings (SSSR count). The highest BCUT2D eigenvalue weighted by Gasteiger charge is 2.10. The summed E-state index contributed by atoms with van der Waals surface area (Å²) in [5, 5.41) is 27.9. The second-order valence-electron chi connectivity index (χ2n) is 6.54. The summed E-state index contributed by atoms with van der Waals surface area (Å²) in [6.45, 7) is 4.53. The Hall–Kier alpha value is -2.87. The number of hydrogen-bond donors (Lipinski definition) is 3. The number of rotatable bonds is 11. The average molecular weight is 402 g/mol. The molecule has 2 atom stereocenters. The monoisotopic (exact) mass is 402 g/mol. The molecule has 0 saturated carbocycles. The van der Waals surface area contributed by atoms with Crippen LogP contribution in [0.3, 0.4) is 0 Å². The fourth-order valence-electron chi connectivity index (χ4n) is 2.27. The molecule has 3 N–H and O–H groups in total. The summed E-state index contributed by atoms with van der Waals surface area (Å²) in [4.78, 5) is 11.3. The number of carbonyl (C=O) groups excluding carboxylic acids is 1. The summed E-state index contributed by atoms with van der Waals surface area (Å²) < 4.78 is 15.8. The van der Waals surface area contributed by atoms with Gasteiger partial charge in [-0.3, -0.25) is 0 Å². The maximum absolute atomic E-state index is 11.3. The molecule has 0 aromatic heterocycles. The number of aliphatic hydroxyl groups is 3. The van der Waals surface area contributed by atoms with Crippen LogP contribution in [0, 0.1) is 0 Å². The normalized spacial score (nSPS) is 12.7. The molecule has 0 saturated heterocycles. The second-order valence-corrected chi connectivity index (χ2v) is 6.54. The van der Waals surface area contributed by atoms with Crippen molar-refractivity contribution in [3.63, 3.8) is 0 Å². The summed E-state index contributed by atoms with van der Waals surface area (Å²) in [6, 6.07) is 14.7. The third kappa shape index (κ3) is 7.57. The highest BCUT2D eigenvalue weighted by molar-refractivity contribution is 5.86. The van der Waals surface area contributed by atoms with E-state index in [1.54, 1.807) is 24.3 Å². The van der Waals surface area contributed by atoms with Gasteiger partial charge in [0.1, 0.15) is 43.5 Å². The molecule has 7 heteroatoms. The molecule has 0 radical (unpaired) electrons. The van der Waals surface area contributed by atoms with E-state index in [-0.39, 0.29) is 32.0 Å². The third-order valence-electron chi connectivity index (χ3n) is 3.89. The zero-order chi connectivity index (χ0) is 21.2. The molecule has 2 unspecified atom stereocenters. The molecule has 0 spiro atoms. The van der Waals surface area contributed by atoms with E-state index in [4.69, 9.17) is 19.3 Å². The zero-order valence-electron chi connectivity index (χ0n) is 16.3. The van der Waals surface area contributed by atoms with Gasteiger partial charge in [0.25, 0.3) is 0 Å². The van der Waals surface area contributed by atoms with Crippen molar-refractivity contribution >= 4 is 5.97 Å². The summed E-state index contributed by atoms with van der Waals surface area (Å²) in [5.41, 5.74) is 2.21. The first kappa shape index (κ1) is 22.4. The molecule has 156 valence electrons. The van der Waals surface area contributed by atoms with E-state index in [0.29, 0.717) is 11.5 Å². The average Bonchev–Trinajstić information content (AvgIpc) is 2.74. The number of aliphatic hydroxyl groups excluding tert-OH is 3. The van der Waals surface area contributed by atoms with E-state index < -0.39 is 18.2 Å². The van der Waals surface area contributed by atoms with Gasteiger partial charge in [-0.2, -0.15) is 0 Å². The smallest absolute Gasteiger partial charge is 0.333 e. The van der Waals surface area contributed by atoms with Crippen molar-refractivity contribution in [3.8, 4) is 22.6 Å². The van der Waals surface area contributed by atoms with Crippen LogP contribution in [0.1, 0.15) is 6.92 Å². The SMILES string of the molecule is C=C(C)C(=O)OCC(O)COc1ccc(-c2ccc(OCC(O)CO)cc2)cc1. The largest absolute Gasteiger partial charge is 0.491 e. The van der Waals surface area contributed by atoms with Crippen molar-refractivity contribution in [1.29, 1.82) is 0 Å². The number of benzene rings is 2. The fourth-order valence-corrected chi connectivity index (χ4v) is 2.27. The van der Waals surface area contributed by atoms with Gasteiger partial charge in [0.15, 0.2) is 0 Å². The molecule has 0 aliphatic rings. The predicted octanol–water partition coefficient (Wildman–Crippen LogP) is 1.94. The highest BCUT2D eigenvalue weighted by atomic mass is 16.5. The van der Waals surface area contributed by atoms with Crippen molar-refractivity contribution in [2.45, 2.75) is 19.1 Å². The maximum Gasteiger partial charge on any atom is 0.333 e. The van der Waals surface area contributed by atoms with Gasteiger partial charge >= 0.3 is 5.97 Å². The Labute approximate surface area is 169 Å². The van der Waals surface area contributed by atoms with Crippen molar-refractivity contribution in [3.05, 3.63) is 60.7 Å². The topological polar surface area (TPSA) is 105 Å². The van der Waals surface area contributed by atoms with Crippen molar-refractivity contribution in [2.24, 2.45) is 0 Å². The lowest BCUT2D eigenvalue weighted by Crippen LogP contribution is -2.25. The quantitative estimate of drug-likeness (QED) is 0.390. The Morgan fingerprint density at radius 2 is 1.31 bits per heavy atom. The van der Waals surface area contributed by atoms with Crippen LogP contribution in [0.25, 0.3) is 11.1 Å². The van der Waals surface area contributed by atoms with E-state index in [9.17, 15) is 15.0 Å². The molecule has 0 fully saturated rings. The number of carbonyl (C=O) groups is 1. The minimum atomic E-state index is -0.935. The van der Waals surface area contributed by atoms with Crippen LogP contribution in [0.2, 0.25) is 0 Å². The van der Waals surface area contributed by atoms with E-state index in [0.717, 1.165) is 11.1 Å². The number of hydrogen-bond acceptors (Lipinski definition) is 7. The lowest BCUT2D eigenvalue weighted by molar-refractivity contribution is -0.142. The van der Waals surface area contributed by atoms with Gasteiger partial charge in [-0.15, -0.1) is 0 Å². The standard InChI is InChI=1S/C22H26O7/c1-15(2)22(26)29-14-19(25)13-28-21-9-5-17(6-10-21)16-3-7-20(8-4-16)27-12-18(24)11-23/h3-10,18-19,23-25H,1,11-14H2,2H3. The van der Waals surface area contributed by atoms with Gasteiger partial charge < -0.3 is 29.5 Å². The molecule has 0 aliphatic carbocycles. The second kappa shape index (κ2) is 11.2. The van der Waals surface area contributed by atoms with Gasteiger partial charge in [-0.1, -0.05) is 30.8 Å². The van der Waals surface area contributed by atoms with Gasteiger partial charge in [0, 0.05) is 5.57 Å². The number of esters is 1. The molecular weight excluding hydrogens is 376 g/mol.